The second-order valence-electron chi connectivity index (χ2n) is 4.59. The van der Waals surface area contributed by atoms with Gasteiger partial charge in [-0.05, 0) is 45.8 Å². The molecule has 0 aliphatic rings. The summed E-state index contributed by atoms with van der Waals surface area (Å²) in [5, 5.41) is 6.45. The van der Waals surface area contributed by atoms with Crippen molar-refractivity contribution >= 4 is 33.4 Å². The Bertz CT molecular complexity index is 748. The second kappa shape index (κ2) is 7.00. The van der Waals surface area contributed by atoms with Crippen LogP contribution in [0.4, 0.5) is 17.5 Å². The standard InChI is InChI=1S/C16H14BrN5/c17-13-5-1-2-6-14(13)21-16-19-9-7-15(22-16)20-11-12-4-3-8-18-10-12/h1-10H,11H2,(H2,19,20,21,22). The van der Waals surface area contributed by atoms with E-state index in [9.17, 15) is 0 Å². The highest BCUT2D eigenvalue weighted by molar-refractivity contribution is 9.10. The fraction of sp³-hybridized carbons (Fsp3) is 0.0625. The highest BCUT2D eigenvalue weighted by Gasteiger charge is 2.03. The van der Waals surface area contributed by atoms with Gasteiger partial charge in [0.1, 0.15) is 5.82 Å². The second-order valence-corrected chi connectivity index (χ2v) is 5.44. The third-order valence-electron chi connectivity index (χ3n) is 2.97. The SMILES string of the molecule is Brc1ccccc1Nc1nccc(NCc2cccnc2)n1. The van der Waals surface area contributed by atoms with E-state index < -0.39 is 0 Å². The number of pyridine rings is 1. The van der Waals surface area contributed by atoms with E-state index in [1.165, 1.54) is 0 Å². The number of nitrogens with zero attached hydrogens (tertiary/aromatic N) is 3. The Morgan fingerprint density at radius 1 is 1.00 bits per heavy atom. The Morgan fingerprint density at radius 3 is 2.73 bits per heavy atom. The molecule has 0 atom stereocenters. The predicted octanol–water partition coefficient (Wildman–Crippen LogP) is 3.99. The Kier molecular flexibility index (Phi) is 4.60. The molecule has 6 heteroatoms. The molecule has 0 unspecified atom stereocenters. The molecular formula is C16H14BrN5. The van der Waals surface area contributed by atoms with Crippen LogP contribution in [0.5, 0.6) is 0 Å². The van der Waals surface area contributed by atoms with Crippen LogP contribution in [0.25, 0.3) is 0 Å². The molecule has 0 spiro atoms. The molecule has 0 aliphatic heterocycles. The van der Waals surface area contributed by atoms with Crippen molar-refractivity contribution in [3.8, 4) is 0 Å². The molecule has 22 heavy (non-hydrogen) atoms. The quantitative estimate of drug-likeness (QED) is 0.724. The van der Waals surface area contributed by atoms with Gasteiger partial charge < -0.3 is 10.6 Å². The predicted molar refractivity (Wildman–Crippen MR) is 91.0 cm³/mol. The molecule has 0 radical (unpaired) electrons. The maximum Gasteiger partial charge on any atom is 0.229 e. The number of aromatic nitrogens is 3. The van der Waals surface area contributed by atoms with Gasteiger partial charge in [0.15, 0.2) is 0 Å². The van der Waals surface area contributed by atoms with E-state index in [1.54, 1.807) is 12.4 Å². The van der Waals surface area contributed by atoms with Gasteiger partial charge in [0.2, 0.25) is 5.95 Å². The Morgan fingerprint density at radius 2 is 1.91 bits per heavy atom. The normalized spacial score (nSPS) is 10.2. The van der Waals surface area contributed by atoms with Gasteiger partial charge in [0, 0.05) is 29.6 Å². The zero-order chi connectivity index (χ0) is 15.2. The van der Waals surface area contributed by atoms with Crippen LogP contribution in [-0.4, -0.2) is 15.0 Å². The first-order chi connectivity index (χ1) is 10.8. The third-order valence-corrected chi connectivity index (χ3v) is 3.66. The molecule has 0 fully saturated rings. The molecule has 3 aromatic rings. The number of rotatable bonds is 5. The molecule has 3 rings (SSSR count). The molecule has 0 bridgehead atoms. The molecule has 2 N–H and O–H groups in total. The summed E-state index contributed by atoms with van der Waals surface area (Å²) in [5.41, 5.74) is 2.02. The van der Waals surface area contributed by atoms with Crippen molar-refractivity contribution in [2.24, 2.45) is 0 Å². The van der Waals surface area contributed by atoms with Crippen LogP contribution in [0.3, 0.4) is 0 Å². The van der Waals surface area contributed by atoms with Crippen LogP contribution < -0.4 is 10.6 Å². The number of halogens is 1. The first-order valence-corrected chi connectivity index (χ1v) is 7.58. The van der Waals surface area contributed by atoms with Gasteiger partial charge in [-0.3, -0.25) is 4.98 Å². The lowest BCUT2D eigenvalue weighted by atomic mass is 10.3. The summed E-state index contributed by atoms with van der Waals surface area (Å²) in [4.78, 5) is 12.8. The molecular weight excluding hydrogens is 342 g/mol. The molecule has 5 nitrogen and oxygen atoms in total. The van der Waals surface area contributed by atoms with Crippen molar-refractivity contribution in [2.75, 3.05) is 10.6 Å². The van der Waals surface area contributed by atoms with E-state index in [2.05, 4.69) is 41.5 Å². The molecule has 2 heterocycles. The zero-order valence-corrected chi connectivity index (χ0v) is 13.3. The molecule has 2 aromatic heterocycles. The average molecular weight is 356 g/mol. The van der Waals surface area contributed by atoms with Crippen LogP contribution in [-0.2, 0) is 6.54 Å². The lowest BCUT2D eigenvalue weighted by molar-refractivity contribution is 1.07. The van der Waals surface area contributed by atoms with Crippen LogP contribution in [0.2, 0.25) is 0 Å². The van der Waals surface area contributed by atoms with Gasteiger partial charge in [0.25, 0.3) is 0 Å². The first-order valence-electron chi connectivity index (χ1n) is 6.78. The van der Waals surface area contributed by atoms with Gasteiger partial charge in [-0.2, -0.15) is 4.98 Å². The van der Waals surface area contributed by atoms with E-state index in [4.69, 9.17) is 0 Å². The van der Waals surface area contributed by atoms with Gasteiger partial charge >= 0.3 is 0 Å². The lowest BCUT2D eigenvalue weighted by Gasteiger charge is -2.09. The topological polar surface area (TPSA) is 62.7 Å². The van der Waals surface area contributed by atoms with Crippen LogP contribution >= 0.6 is 15.9 Å². The molecule has 0 saturated carbocycles. The Labute approximate surface area is 137 Å². The smallest absolute Gasteiger partial charge is 0.229 e. The minimum Gasteiger partial charge on any atom is -0.366 e. The van der Waals surface area contributed by atoms with Gasteiger partial charge in [-0.1, -0.05) is 18.2 Å². The van der Waals surface area contributed by atoms with E-state index in [0.29, 0.717) is 12.5 Å². The van der Waals surface area contributed by atoms with E-state index >= 15 is 0 Å². The van der Waals surface area contributed by atoms with Gasteiger partial charge in [0.05, 0.1) is 5.69 Å². The van der Waals surface area contributed by atoms with E-state index in [1.807, 2.05) is 48.7 Å². The minimum atomic E-state index is 0.545. The summed E-state index contributed by atoms with van der Waals surface area (Å²) in [6.07, 6.45) is 5.31. The van der Waals surface area contributed by atoms with Crippen molar-refractivity contribution < 1.29 is 0 Å². The molecule has 110 valence electrons. The Hall–Kier alpha value is -2.47. The molecule has 0 amide bonds. The van der Waals surface area contributed by atoms with E-state index in [-0.39, 0.29) is 0 Å². The zero-order valence-electron chi connectivity index (χ0n) is 11.7. The number of hydrogen-bond acceptors (Lipinski definition) is 5. The van der Waals surface area contributed by atoms with E-state index in [0.717, 1.165) is 21.5 Å². The lowest BCUT2D eigenvalue weighted by Crippen LogP contribution is -2.04. The highest BCUT2D eigenvalue weighted by atomic mass is 79.9. The van der Waals surface area contributed by atoms with Crippen molar-refractivity contribution in [3.05, 3.63) is 71.1 Å². The van der Waals surface area contributed by atoms with Crippen LogP contribution in [0.1, 0.15) is 5.56 Å². The van der Waals surface area contributed by atoms with Crippen LogP contribution in [0, 0.1) is 0 Å². The minimum absolute atomic E-state index is 0.545. The summed E-state index contributed by atoms with van der Waals surface area (Å²) in [6, 6.07) is 13.6. The maximum atomic E-state index is 4.45. The van der Waals surface area contributed by atoms with Gasteiger partial charge in [-0.15, -0.1) is 0 Å². The number of benzene rings is 1. The molecule has 0 aliphatic carbocycles. The number of hydrogen-bond donors (Lipinski definition) is 2. The largest absolute Gasteiger partial charge is 0.366 e. The van der Waals surface area contributed by atoms with Crippen molar-refractivity contribution in [1.82, 2.24) is 15.0 Å². The monoisotopic (exact) mass is 355 g/mol. The molecule has 1 aromatic carbocycles. The van der Waals surface area contributed by atoms with Gasteiger partial charge in [-0.25, -0.2) is 4.98 Å². The number of anilines is 3. The summed E-state index contributed by atoms with van der Waals surface area (Å²) < 4.78 is 0.965. The number of para-hydroxylation sites is 1. The maximum absolute atomic E-state index is 4.45. The van der Waals surface area contributed by atoms with Crippen molar-refractivity contribution in [1.29, 1.82) is 0 Å². The molecule has 0 saturated heterocycles. The first kappa shape index (κ1) is 14.5. The van der Waals surface area contributed by atoms with Crippen molar-refractivity contribution in [2.45, 2.75) is 6.54 Å². The summed E-state index contributed by atoms with van der Waals surface area (Å²) in [7, 11) is 0. The fourth-order valence-corrected chi connectivity index (χ4v) is 2.28. The third kappa shape index (κ3) is 3.79. The highest BCUT2D eigenvalue weighted by Crippen LogP contribution is 2.24. The summed E-state index contributed by atoms with van der Waals surface area (Å²) in [6.45, 7) is 0.666. The van der Waals surface area contributed by atoms with Crippen LogP contribution in [0.15, 0.2) is 65.5 Å². The van der Waals surface area contributed by atoms with Crippen molar-refractivity contribution in [3.63, 3.8) is 0 Å². The number of nitrogens with one attached hydrogen (secondary N) is 2. The Balaban J connectivity index is 1.69. The fourth-order valence-electron chi connectivity index (χ4n) is 1.90. The average Bonchev–Trinajstić information content (AvgIpc) is 2.57. The summed E-state index contributed by atoms with van der Waals surface area (Å²) in [5.74, 6) is 1.30. The summed E-state index contributed by atoms with van der Waals surface area (Å²) >= 11 is 3.49.